The molecule has 0 radical (unpaired) electrons. The van der Waals surface area contributed by atoms with Crippen molar-refractivity contribution in [3.63, 3.8) is 0 Å². The molecule has 3 aromatic rings. The number of fused-ring (bicyclic) bond motifs is 3. The van der Waals surface area contributed by atoms with E-state index >= 15 is 0 Å². The second-order valence-electron chi connectivity index (χ2n) is 8.07. The fourth-order valence-corrected chi connectivity index (χ4v) is 4.65. The molecule has 30 heavy (non-hydrogen) atoms. The highest BCUT2D eigenvalue weighted by Crippen LogP contribution is 2.27. The molecule has 2 aliphatic rings. The lowest BCUT2D eigenvalue weighted by Gasteiger charge is -2.39. The lowest BCUT2D eigenvalue weighted by atomic mass is 9.89. The molecule has 5 rings (SSSR count). The number of hydrogen-bond acceptors (Lipinski definition) is 5. The number of aromatic nitrogens is 3. The van der Waals surface area contributed by atoms with Crippen molar-refractivity contribution < 1.29 is 14.3 Å². The van der Waals surface area contributed by atoms with Crippen molar-refractivity contribution >= 4 is 22.6 Å². The molecule has 8 heteroatoms. The van der Waals surface area contributed by atoms with Crippen LogP contribution in [0, 0.1) is 0 Å². The van der Waals surface area contributed by atoms with E-state index in [4.69, 9.17) is 9.47 Å². The molecule has 8 nitrogen and oxygen atoms in total. The Hall–Kier alpha value is -2.71. The Morgan fingerprint density at radius 1 is 1.23 bits per heavy atom. The van der Waals surface area contributed by atoms with Crippen LogP contribution in [0.25, 0.3) is 16.7 Å². The van der Waals surface area contributed by atoms with Gasteiger partial charge in [0.05, 0.1) is 30.8 Å². The zero-order valence-corrected chi connectivity index (χ0v) is 17.0. The minimum absolute atomic E-state index is 0.0293. The van der Waals surface area contributed by atoms with Crippen LogP contribution in [0.1, 0.15) is 43.1 Å². The van der Waals surface area contributed by atoms with Gasteiger partial charge in [-0.1, -0.05) is 13.0 Å². The van der Waals surface area contributed by atoms with Crippen LogP contribution in [-0.2, 0) is 16.0 Å². The molecule has 1 aliphatic heterocycles. The van der Waals surface area contributed by atoms with Gasteiger partial charge in [-0.25, -0.2) is 4.98 Å². The molecule has 0 aromatic carbocycles. The van der Waals surface area contributed by atoms with E-state index in [9.17, 15) is 9.59 Å². The highest BCUT2D eigenvalue weighted by Gasteiger charge is 2.35. The topological polar surface area (TPSA) is 86.9 Å². The first-order valence-electron chi connectivity index (χ1n) is 10.7. The van der Waals surface area contributed by atoms with Crippen molar-refractivity contribution in [1.29, 1.82) is 0 Å². The molecule has 158 valence electrons. The molecule has 1 saturated heterocycles. The zero-order chi connectivity index (χ0) is 20.7. The molecule has 3 aromatic heterocycles. The maximum absolute atomic E-state index is 13.2. The van der Waals surface area contributed by atoms with Crippen LogP contribution in [0.3, 0.4) is 0 Å². The molecule has 1 saturated carbocycles. The van der Waals surface area contributed by atoms with Gasteiger partial charge in [0.2, 0.25) is 0 Å². The number of carbonyl (C=O) groups excluding carboxylic acids is 1. The van der Waals surface area contributed by atoms with Gasteiger partial charge >= 0.3 is 0 Å². The molecular weight excluding hydrogens is 384 g/mol. The highest BCUT2D eigenvalue weighted by molar-refractivity contribution is 5.98. The molecule has 4 heterocycles. The quantitative estimate of drug-likeness (QED) is 0.712. The molecule has 3 atom stereocenters. The van der Waals surface area contributed by atoms with Gasteiger partial charge in [-0.2, -0.15) is 0 Å². The maximum Gasteiger partial charge on any atom is 0.268 e. The number of rotatable bonds is 4. The second-order valence-corrected chi connectivity index (χ2v) is 8.07. The molecule has 1 amide bonds. The van der Waals surface area contributed by atoms with Crippen molar-refractivity contribution in [2.75, 3.05) is 13.2 Å². The number of hydrogen-bond donors (Lipinski definition) is 1. The van der Waals surface area contributed by atoms with Crippen molar-refractivity contribution in [2.24, 2.45) is 0 Å². The summed E-state index contributed by atoms with van der Waals surface area (Å²) in [6.45, 7) is 3.92. The van der Waals surface area contributed by atoms with Gasteiger partial charge in [0.1, 0.15) is 17.0 Å². The van der Waals surface area contributed by atoms with E-state index in [1.165, 1.54) is 4.40 Å². The minimum Gasteiger partial charge on any atom is -0.373 e. The Bertz CT molecular complexity index is 1150. The summed E-state index contributed by atoms with van der Waals surface area (Å²) in [5, 5.41) is 3.62. The number of ether oxygens (including phenoxy) is 2. The summed E-state index contributed by atoms with van der Waals surface area (Å²) in [6.07, 6.45) is 5.18. The molecule has 3 unspecified atom stereocenters. The molecule has 1 N–H and O–H groups in total. The average molecular weight is 410 g/mol. The van der Waals surface area contributed by atoms with Gasteiger partial charge in [0.15, 0.2) is 0 Å². The van der Waals surface area contributed by atoms with Crippen molar-refractivity contribution in [3.05, 3.63) is 46.5 Å². The second kappa shape index (κ2) is 7.85. The van der Waals surface area contributed by atoms with Crippen LogP contribution in [-0.4, -0.2) is 51.3 Å². The normalized spacial score (nSPS) is 24.1. The minimum atomic E-state index is -0.171. The predicted octanol–water partition coefficient (Wildman–Crippen LogP) is 2.13. The van der Waals surface area contributed by atoms with Crippen LogP contribution in [0.15, 0.2) is 35.3 Å². The predicted molar refractivity (Wildman–Crippen MR) is 112 cm³/mol. The summed E-state index contributed by atoms with van der Waals surface area (Å²) in [7, 11) is 0. The van der Waals surface area contributed by atoms with Crippen LogP contribution in [0.5, 0.6) is 0 Å². The molecule has 1 aliphatic carbocycles. The molecule has 0 spiro atoms. The number of pyridine rings is 1. The third-order valence-electron chi connectivity index (χ3n) is 6.07. The van der Waals surface area contributed by atoms with E-state index in [1.807, 2.05) is 17.6 Å². The first-order valence-corrected chi connectivity index (χ1v) is 10.7. The lowest BCUT2D eigenvalue weighted by molar-refractivity contribution is -0.157. The summed E-state index contributed by atoms with van der Waals surface area (Å²) >= 11 is 0. The Morgan fingerprint density at radius 3 is 2.90 bits per heavy atom. The SMILES string of the molecule is CCCn1c(C(=O)NC2CCC3OCCOC3C2)cc2c(=O)n3ccccc3nc21. The van der Waals surface area contributed by atoms with E-state index in [0.29, 0.717) is 42.1 Å². The standard InChI is InChI=1S/C22H26N4O4/c1-2-8-25-16(13-15-20(25)24-19-5-3-4-9-26(19)22(15)28)21(27)23-14-6-7-17-18(12-14)30-11-10-29-17/h3-5,9,13-14,17-18H,2,6-8,10-12H2,1H3,(H,23,27). The van der Waals surface area contributed by atoms with Crippen LogP contribution in [0.4, 0.5) is 0 Å². The third-order valence-corrected chi connectivity index (χ3v) is 6.07. The Morgan fingerprint density at radius 2 is 2.07 bits per heavy atom. The highest BCUT2D eigenvalue weighted by atomic mass is 16.6. The monoisotopic (exact) mass is 410 g/mol. The van der Waals surface area contributed by atoms with Gasteiger partial charge in [-0.05, 0) is 43.9 Å². The van der Waals surface area contributed by atoms with Crippen LogP contribution < -0.4 is 10.9 Å². The summed E-state index contributed by atoms with van der Waals surface area (Å²) < 4.78 is 15.0. The first kappa shape index (κ1) is 19.3. The number of aryl methyl sites for hydroxylation is 1. The molecular formula is C22H26N4O4. The van der Waals surface area contributed by atoms with Crippen LogP contribution in [0.2, 0.25) is 0 Å². The molecule has 2 fully saturated rings. The fourth-order valence-electron chi connectivity index (χ4n) is 4.65. The number of carbonyl (C=O) groups is 1. The van der Waals surface area contributed by atoms with E-state index in [2.05, 4.69) is 10.3 Å². The van der Waals surface area contributed by atoms with Gasteiger partial charge in [0, 0.05) is 18.8 Å². The lowest BCUT2D eigenvalue weighted by Crippen LogP contribution is -2.49. The van der Waals surface area contributed by atoms with Gasteiger partial charge < -0.3 is 19.4 Å². The van der Waals surface area contributed by atoms with Gasteiger partial charge in [0.25, 0.3) is 11.5 Å². The summed E-state index contributed by atoms with van der Waals surface area (Å²) in [6, 6.07) is 7.16. The van der Waals surface area contributed by atoms with E-state index in [1.54, 1.807) is 24.4 Å². The van der Waals surface area contributed by atoms with Crippen molar-refractivity contribution in [1.82, 2.24) is 19.3 Å². The zero-order valence-electron chi connectivity index (χ0n) is 17.0. The Kier molecular flexibility index (Phi) is 5.04. The first-order chi connectivity index (χ1) is 14.7. The third kappa shape index (κ3) is 3.30. The largest absolute Gasteiger partial charge is 0.373 e. The number of nitrogens with zero attached hydrogens (tertiary/aromatic N) is 3. The summed E-state index contributed by atoms with van der Waals surface area (Å²) in [4.78, 5) is 30.8. The van der Waals surface area contributed by atoms with Gasteiger partial charge in [-0.3, -0.25) is 14.0 Å². The number of nitrogens with one attached hydrogen (secondary N) is 1. The molecule has 0 bridgehead atoms. The van der Waals surface area contributed by atoms with Gasteiger partial charge in [-0.15, -0.1) is 0 Å². The van der Waals surface area contributed by atoms with Crippen LogP contribution >= 0.6 is 0 Å². The smallest absolute Gasteiger partial charge is 0.268 e. The van der Waals surface area contributed by atoms with Crippen molar-refractivity contribution in [3.8, 4) is 0 Å². The Balaban J connectivity index is 1.47. The maximum atomic E-state index is 13.2. The Labute approximate surface area is 173 Å². The summed E-state index contributed by atoms with van der Waals surface area (Å²) in [5.74, 6) is -0.171. The fraction of sp³-hybridized carbons (Fsp3) is 0.500. The van der Waals surface area contributed by atoms with E-state index in [0.717, 1.165) is 25.7 Å². The van der Waals surface area contributed by atoms with E-state index < -0.39 is 0 Å². The average Bonchev–Trinajstić information content (AvgIpc) is 3.13. The summed E-state index contributed by atoms with van der Waals surface area (Å²) in [5.41, 5.74) is 1.46. The number of amides is 1. The van der Waals surface area contributed by atoms with Crippen molar-refractivity contribution in [2.45, 2.75) is 57.4 Å². The van der Waals surface area contributed by atoms with E-state index in [-0.39, 0.29) is 29.7 Å².